The van der Waals surface area contributed by atoms with Crippen LogP contribution in [0.15, 0.2) is 12.3 Å². The number of aliphatic carboxylic acids is 1. The van der Waals surface area contributed by atoms with E-state index in [4.69, 9.17) is 5.11 Å². The summed E-state index contributed by atoms with van der Waals surface area (Å²) in [6.07, 6.45) is 3.04. The van der Waals surface area contributed by atoms with E-state index < -0.39 is 5.97 Å². The van der Waals surface area contributed by atoms with Crippen LogP contribution in [-0.4, -0.2) is 20.9 Å². The van der Waals surface area contributed by atoms with Gasteiger partial charge in [0.15, 0.2) is 0 Å². The molecular formula is C8H10N2O2. The SMILES string of the molecule is O=C(O)C1CCn2nccc2C1. The minimum atomic E-state index is -0.692. The Morgan fingerprint density at radius 1 is 1.75 bits per heavy atom. The molecule has 1 N–H and O–H groups in total. The molecule has 0 amide bonds. The van der Waals surface area contributed by atoms with Crippen molar-refractivity contribution in [3.63, 3.8) is 0 Å². The van der Waals surface area contributed by atoms with Gasteiger partial charge in [0.05, 0.1) is 5.92 Å². The van der Waals surface area contributed by atoms with Crippen LogP contribution < -0.4 is 0 Å². The number of hydrogen-bond donors (Lipinski definition) is 1. The van der Waals surface area contributed by atoms with Gasteiger partial charge >= 0.3 is 5.97 Å². The third-order valence-corrected chi connectivity index (χ3v) is 2.30. The molecule has 0 aliphatic carbocycles. The summed E-state index contributed by atoms with van der Waals surface area (Å²) in [4.78, 5) is 10.7. The third kappa shape index (κ3) is 1.09. The van der Waals surface area contributed by atoms with E-state index in [2.05, 4.69) is 5.10 Å². The van der Waals surface area contributed by atoms with Gasteiger partial charge < -0.3 is 5.11 Å². The highest BCUT2D eigenvalue weighted by molar-refractivity contribution is 5.70. The van der Waals surface area contributed by atoms with Gasteiger partial charge in [0.2, 0.25) is 0 Å². The van der Waals surface area contributed by atoms with Crippen molar-refractivity contribution in [3.8, 4) is 0 Å². The second kappa shape index (κ2) is 2.62. The van der Waals surface area contributed by atoms with Crippen molar-refractivity contribution in [2.45, 2.75) is 19.4 Å². The first-order chi connectivity index (χ1) is 5.77. The molecule has 0 fully saturated rings. The molecule has 0 saturated carbocycles. The molecule has 4 heteroatoms. The van der Waals surface area contributed by atoms with Gasteiger partial charge in [0.1, 0.15) is 0 Å². The number of carboxylic acid groups (broad SMARTS) is 1. The van der Waals surface area contributed by atoms with Crippen LogP contribution >= 0.6 is 0 Å². The van der Waals surface area contributed by atoms with Crippen molar-refractivity contribution in [1.82, 2.24) is 9.78 Å². The Morgan fingerprint density at radius 2 is 2.58 bits per heavy atom. The van der Waals surface area contributed by atoms with E-state index in [0.717, 1.165) is 12.2 Å². The molecule has 12 heavy (non-hydrogen) atoms. The van der Waals surface area contributed by atoms with Crippen molar-refractivity contribution in [3.05, 3.63) is 18.0 Å². The van der Waals surface area contributed by atoms with Gasteiger partial charge in [-0.25, -0.2) is 0 Å². The highest BCUT2D eigenvalue weighted by Crippen LogP contribution is 2.19. The molecule has 2 heterocycles. The number of nitrogens with zero attached hydrogens (tertiary/aromatic N) is 2. The molecule has 2 rings (SSSR count). The summed E-state index contributed by atoms with van der Waals surface area (Å²) in [7, 11) is 0. The van der Waals surface area contributed by atoms with Gasteiger partial charge in [-0.1, -0.05) is 0 Å². The first-order valence-electron chi connectivity index (χ1n) is 4.01. The lowest BCUT2D eigenvalue weighted by Gasteiger charge is -2.19. The van der Waals surface area contributed by atoms with E-state index in [1.54, 1.807) is 6.20 Å². The van der Waals surface area contributed by atoms with Gasteiger partial charge in [0.25, 0.3) is 0 Å². The largest absolute Gasteiger partial charge is 0.481 e. The number of fused-ring (bicyclic) bond motifs is 1. The summed E-state index contributed by atoms with van der Waals surface area (Å²) in [5, 5.41) is 12.8. The topological polar surface area (TPSA) is 55.1 Å². The van der Waals surface area contributed by atoms with Crippen molar-refractivity contribution in [1.29, 1.82) is 0 Å². The maximum atomic E-state index is 10.7. The summed E-state index contributed by atoms with van der Waals surface area (Å²) in [6, 6.07) is 1.88. The zero-order valence-corrected chi connectivity index (χ0v) is 6.60. The van der Waals surface area contributed by atoms with Crippen LogP contribution in [0.5, 0.6) is 0 Å². The van der Waals surface area contributed by atoms with Crippen LogP contribution in [0.1, 0.15) is 12.1 Å². The quantitative estimate of drug-likeness (QED) is 0.662. The van der Waals surface area contributed by atoms with Crippen LogP contribution in [0.3, 0.4) is 0 Å². The second-order valence-corrected chi connectivity index (χ2v) is 3.07. The van der Waals surface area contributed by atoms with Gasteiger partial charge in [-0.15, -0.1) is 0 Å². The fourth-order valence-electron chi connectivity index (χ4n) is 1.58. The first kappa shape index (κ1) is 7.34. The number of carbonyl (C=O) groups is 1. The van der Waals surface area contributed by atoms with Gasteiger partial charge in [-0.3, -0.25) is 9.48 Å². The smallest absolute Gasteiger partial charge is 0.306 e. The molecule has 0 bridgehead atoms. The van der Waals surface area contributed by atoms with E-state index in [-0.39, 0.29) is 5.92 Å². The van der Waals surface area contributed by atoms with E-state index in [1.165, 1.54) is 0 Å². The van der Waals surface area contributed by atoms with Crippen molar-refractivity contribution < 1.29 is 9.90 Å². The standard InChI is InChI=1S/C8H10N2O2/c11-8(12)6-2-4-10-7(5-6)1-3-9-10/h1,3,6H,2,4-5H2,(H,11,12). The molecule has 0 spiro atoms. The van der Waals surface area contributed by atoms with Crippen molar-refractivity contribution >= 4 is 5.97 Å². The first-order valence-corrected chi connectivity index (χ1v) is 4.01. The molecule has 1 atom stereocenters. The molecule has 0 saturated heterocycles. The zero-order valence-electron chi connectivity index (χ0n) is 6.60. The number of carboxylic acids is 1. The molecule has 0 radical (unpaired) electrons. The summed E-state index contributed by atoms with van der Waals surface area (Å²) >= 11 is 0. The van der Waals surface area contributed by atoms with Gasteiger partial charge in [0, 0.05) is 24.9 Å². The number of aromatic nitrogens is 2. The number of aryl methyl sites for hydroxylation is 1. The fourth-order valence-corrected chi connectivity index (χ4v) is 1.58. The van der Waals surface area contributed by atoms with Crippen LogP contribution in [-0.2, 0) is 17.8 Å². The van der Waals surface area contributed by atoms with Crippen LogP contribution in [0.25, 0.3) is 0 Å². The third-order valence-electron chi connectivity index (χ3n) is 2.30. The summed E-state index contributed by atoms with van der Waals surface area (Å²) in [5.41, 5.74) is 1.04. The Labute approximate surface area is 69.8 Å². The fraction of sp³-hybridized carbons (Fsp3) is 0.500. The molecule has 4 nitrogen and oxygen atoms in total. The molecule has 1 aromatic rings. The number of hydrogen-bond acceptors (Lipinski definition) is 2. The summed E-state index contributed by atoms with van der Waals surface area (Å²) < 4.78 is 1.87. The summed E-state index contributed by atoms with van der Waals surface area (Å²) in [6.45, 7) is 0.735. The Balaban J connectivity index is 2.20. The highest BCUT2D eigenvalue weighted by Gasteiger charge is 2.23. The predicted octanol–water partition coefficient (Wildman–Crippen LogP) is 0.530. The highest BCUT2D eigenvalue weighted by atomic mass is 16.4. The maximum absolute atomic E-state index is 10.7. The molecular weight excluding hydrogens is 156 g/mol. The lowest BCUT2D eigenvalue weighted by Crippen LogP contribution is -2.25. The second-order valence-electron chi connectivity index (χ2n) is 3.07. The average Bonchev–Trinajstić information content (AvgIpc) is 2.49. The maximum Gasteiger partial charge on any atom is 0.306 e. The number of rotatable bonds is 1. The van der Waals surface area contributed by atoms with Crippen LogP contribution in [0.4, 0.5) is 0 Å². The lowest BCUT2D eigenvalue weighted by atomic mass is 9.97. The predicted molar refractivity (Wildman–Crippen MR) is 41.7 cm³/mol. The summed E-state index contributed by atoms with van der Waals surface area (Å²) in [5.74, 6) is -0.906. The molecule has 1 aliphatic heterocycles. The zero-order chi connectivity index (χ0) is 8.55. The molecule has 0 aromatic carbocycles. The molecule has 1 unspecified atom stereocenters. The van der Waals surface area contributed by atoms with E-state index >= 15 is 0 Å². The van der Waals surface area contributed by atoms with Gasteiger partial charge in [-0.05, 0) is 12.5 Å². The Morgan fingerprint density at radius 3 is 3.33 bits per heavy atom. The van der Waals surface area contributed by atoms with Gasteiger partial charge in [-0.2, -0.15) is 5.10 Å². The Bertz CT molecular complexity index is 306. The monoisotopic (exact) mass is 166 g/mol. The van der Waals surface area contributed by atoms with E-state index in [0.29, 0.717) is 12.8 Å². The molecule has 1 aliphatic rings. The normalized spacial score (nSPS) is 21.8. The van der Waals surface area contributed by atoms with Crippen molar-refractivity contribution in [2.75, 3.05) is 0 Å². The molecule has 1 aromatic heterocycles. The Kier molecular flexibility index (Phi) is 1.60. The van der Waals surface area contributed by atoms with Crippen molar-refractivity contribution in [2.24, 2.45) is 5.92 Å². The minimum absolute atomic E-state index is 0.214. The Hall–Kier alpha value is -1.32. The molecule has 64 valence electrons. The minimum Gasteiger partial charge on any atom is -0.481 e. The average molecular weight is 166 g/mol. The lowest BCUT2D eigenvalue weighted by molar-refractivity contribution is -0.142. The van der Waals surface area contributed by atoms with E-state index in [9.17, 15) is 4.79 Å². The van der Waals surface area contributed by atoms with E-state index in [1.807, 2.05) is 10.7 Å². The van der Waals surface area contributed by atoms with Crippen LogP contribution in [0, 0.1) is 5.92 Å². The van der Waals surface area contributed by atoms with Crippen LogP contribution in [0.2, 0.25) is 0 Å².